The lowest BCUT2D eigenvalue weighted by atomic mass is 10.1. The van der Waals surface area contributed by atoms with Crippen LogP contribution in [0.4, 0.5) is 5.82 Å². The molecule has 1 aromatic carbocycles. The monoisotopic (exact) mass is 407 g/mol. The molecular formula is C19H25N3O5S. The predicted octanol–water partition coefficient (Wildman–Crippen LogP) is 2.50. The second-order valence-electron chi connectivity index (χ2n) is 6.38. The second-order valence-corrected chi connectivity index (χ2v) is 8.32. The van der Waals surface area contributed by atoms with Crippen molar-refractivity contribution < 1.29 is 22.6 Å². The highest BCUT2D eigenvalue weighted by atomic mass is 32.2. The van der Waals surface area contributed by atoms with Crippen LogP contribution in [0.15, 0.2) is 35.4 Å². The maximum atomic E-state index is 12.6. The summed E-state index contributed by atoms with van der Waals surface area (Å²) < 4.78 is 42.6. The lowest BCUT2D eigenvalue weighted by Gasteiger charge is -2.16. The van der Waals surface area contributed by atoms with E-state index in [1.807, 2.05) is 12.1 Å². The van der Waals surface area contributed by atoms with Gasteiger partial charge in [0.15, 0.2) is 11.5 Å². The van der Waals surface area contributed by atoms with Crippen LogP contribution in [0.1, 0.15) is 18.4 Å². The largest absolute Gasteiger partial charge is 0.493 e. The molecule has 0 saturated carbocycles. The fraction of sp³-hybridized carbons (Fsp3) is 0.421. The Kier molecular flexibility index (Phi) is 6.25. The number of ether oxygens (including phenoxy) is 3. The number of sulfonamides is 1. The number of pyridine rings is 1. The van der Waals surface area contributed by atoms with E-state index in [1.165, 1.54) is 10.5 Å². The quantitative estimate of drug-likeness (QED) is 0.719. The minimum atomic E-state index is -3.45. The van der Waals surface area contributed by atoms with Gasteiger partial charge in [0, 0.05) is 25.8 Å². The SMILES string of the molecule is COc1cc(CNc2ccc(S(=O)(=O)N3CCCC3)cn2)cc(OC)c1OC. The van der Waals surface area contributed by atoms with Crippen molar-refractivity contribution in [3.05, 3.63) is 36.0 Å². The van der Waals surface area contributed by atoms with E-state index in [0.717, 1.165) is 18.4 Å². The molecule has 1 saturated heterocycles. The molecule has 1 aliphatic rings. The van der Waals surface area contributed by atoms with E-state index < -0.39 is 10.0 Å². The van der Waals surface area contributed by atoms with Gasteiger partial charge in [0.25, 0.3) is 0 Å². The Morgan fingerprint density at radius 1 is 1.04 bits per heavy atom. The normalized spacial score (nSPS) is 14.7. The molecule has 1 fully saturated rings. The molecule has 0 bridgehead atoms. The maximum Gasteiger partial charge on any atom is 0.244 e. The van der Waals surface area contributed by atoms with Gasteiger partial charge in [0.05, 0.1) is 21.3 Å². The average Bonchev–Trinajstić information content (AvgIpc) is 3.27. The molecule has 1 aliphatic heterocycles. The van der Waals surface area contributed by atoms with Gasteiger partial charge >= 0.3 is 0 Å². The zero-order valence-electron chi connectivity index (χ0n) is 16.3. The summed E-state index contributed by atoms with van der Waals surface area (Å²) in [6.07, 6.45) is 3.20. The van der Waals surface area contributed by atoms with Crippen LogP contribution in [-0.2, 0) is 16.6 Å². The van der Waals surface area contributed by atoms with Gasteiger partial charge in [-0.3, -0.25) is 0 Å². The first-order valence-electron chi connectivity index (χ1n) is 8.98. The second kappa shape index (κ2) is 8.66. The van der Waals surface area contributed by atoms with E-state index in [2.05, 4.69) is 10.3 Å². The van der Waals surface area contributed by atoms with Gasteiger partial charge in [0.1, 0.15) is 10.7 Å². The van der Waals surface area contributed by atoms with Crippen LogP contribution in [0, 0.1) is 0 Å². The maximum absolute atomic E-state index is 12.6. The molecule has 152 valence electrons. The minimum absolute atomic E-state index is 0.215. The number of nitrogens with zero attached hydrogens (tertiary/aromatic N) is 2. The van der Waals surface area contributed by atoms with Gasteiger partial charge in [-0.2, -0.15) is 4.31 Å². The van der Waals surface area contributed by atoms with E-state index in [1.54, 1.807) is 33.5 Å². The first-order chi connectivity index (χ1) is 13.5. The highest BCUT2D eigenvalue weighted by molar-refractivity contribution is 7.89. The number of anilines is 1. The molecular weight excluding hydrogens is 382 g/mol. The topological polar surface area (TPSA) is 90.0 Å². The molecule has 1 aromatic heterocycles. The van der Waals surface area contributed by atoms with Gasteiger partial charge in [0.2, 0.25) is 15.8 Å². The Bertz CT molecular complexity index is 885. The highest BCUT2D eigenvalue weighted by Crippen LogP contribution is 2.38. The summed E-state index contributed by atoms with van der Waals surface area (Å²) >= 11 is 0. The first-order valence-corrected chi connectivity index (χ1v) is 10.4. The molecule has 9 heteroatoms. The molecule has 1 N–H and O–H groups in total. The summed E-state index contributed by atoms with van der Waals surface area (Å²) in [6, 6.07) is 6.94. The van der Waals surface area contributed by atoms with Crippen LogP contribution >= 0.6 is 0 Å². The molecule has 0 atom stereocenters. The highest BCUT2D eigenvalue weighted by Gasteiger charge is 2.27. The van der Waals surface area contributed by atoms with Crippen molar-refractivity contribution in [3.8, 4) is 17.2 Å². The molecule has 0 unspecified atom stereocenters. The number of hydrogen-bond acceptors (Lipinski definition) is 7. The van der Waals surface area contributed by atoms with Crippen molar-refractivity contribution in [2.75, 3.05) is 39.7 Å². The summed E-state index contributed by atoms with van der Waals surface area (Å²) in [7, 11) is 1.23. The van der Waals surface area contributed by atoms with Gasteiger partial charge in [-0.15, -0.1) is 0 Å². The molecule has 0 radical (unpaired) electrons. The third-order valence-electron chi connectivity index (χ3n) is 4.64. The van der Waals surface area contributed by atoms with E-state index in [9.17, 15) is 8.42 Å². The zero-order chi connectivity index (χ0) is 20.1. The standard InChI is InChI=1S/C19H25N3O5S/c1-25-16-10-14(11-17(26-2)19(16)27-3)12-20-18-7-6-15(13-21-18)28(23,24)22-8-4-5-9-22/h6-7,10-11,13H,4-5,8-9,12H2,1-3H3,(H,20,21). The van der Waals surface area contributed by atoms with E-state index in [-0.39, 0.29) is 4.90 Å². The summed E-state index contributed by atoms with van der Waals surface area (Å²) in [6.45, 7) is 1.61. The lowest BCUT2D eigenvalue weighted by Crippen LogP contribution is -2.27. The molecule has 2 heterocycles. The molecule has 0 aliphatic carbocycles. The third-order valence-corrected chi connectivity index (χ3v) is 6.52. The molecule has 0 spiro atoms. The van der Waals surface area contributed by atoms with E-state index in [4.69, 9.17) is 14.2 Å². The average molecular weight is 407 g/mol. The summed E-state index contributed by atoms with van der Waals surface area (Å²) in [5, 5.41) is 3.18. The predicted molar refractivity (Wildman–Crippen MR) is 106 cm³/mol. The number of nitrogens with one attached hydrogen (secondary N) is 1. The Morgan fingerprint density at radius 3 is 2.18 bits per heavy atom. The van der Waals surface area contributed by atoms with Crippen LogP contribution in [0.2, 0.25) is 0 Å². The van der Waals surface area contributed by atoms with Crippen LogP contribution in [0.5, 0.6) is 17.2 Å². The molecule has 8 nitrogen and oxygen atoms in total. The van der Waals surface area contributed by atoms with Crippen molar-refractivity contribution >= 4 is 15.8 Å². The Hall–Kier alpha value is -2.52. The minimum Gasteiger partial charge on any atom is -0.493 e. The lowest BCUT2D eigenvalue weighted by molar-refractivity contribution is 0.324. The van der Waals surface area contributed by atoms with Crippen molar-refractivity contribution in [2.45, 2.75) is 24.3 Å². The smallest absolute Gasteiger partial charge is 0.244 e. The number of rotatable bonds is 8. The fourth-order valence-corrected chi connectivity index (χ4v) is 4.61. The Balaban J connectivity index is 1.71. The van der Waals surface area contributed by atoms with Gasteiger partial charge in [-0.05, 0) is 42.7 Å². The van der Waals surface area contributed by atoms with Crippen LogP contribution in [0.25, 0.3) is 0 Å². The molecule has 0 amide bonds. The Morgan fingerprint density at radius 2 is 1.68 bits per heavy atom. The fourth-order valence-electron chi connectivity index (χ4n) is 3.15. The van der Waals surface area contributed by atoms with Gasteiger partial charge in [-0.1, -0.05) is 0 Å². The van der Waals surface area contributed by atoms with Crippen molar-refractivity contribution in [1.29, 1.82) is 0 Å². The molecule has 3 rings (SSSR count). The number of benzene rings is 1. The molecule has 2 aromatic rings. The van der Waals surface area contributed by atoms with E-state index in [0.29, 0.717) is 42.7 Å². The number of aromatic nitrogens is 1. The number of hydrogen-bond donors (Lipinski definition) is 1. The van der Waals surface area contributed by atoms with Crippen LogP contribution in [-0.4, -0.2) is 52.1 Å². The molecule has 28 heavy (non-hydrogen) atoms. The number of methoxy groups -OCH3 is 3. The zero-order valence-corrected chi connectivity index (χ0v) is 17.1. The summed E-state index contributed by atoms with van der Waals surface area (Å²) in [5.41, 5.74) is 0.907. The van der Waals surface area contributed by atoms with Gasteiger partial charge in [-0.25, -0.2) is 13.4 Å². The first kappa shape index (κ1) is 20.2. The van der Waals surface area contributed by atoms with Crippen molar-refractivity contribution in [1.82, 2.24) is 9.29 Å². The van der Waals surface area contributed by atoms with E-state index >= 15 is 0 Å². The van der Waals surface area contributed by atoms with Crippen molar-refractivity contribution in [2.24, 2.45) is 0 Å². The van der Waals surface area contributed by atoms with Crippen molar-refractivity contribution in [3.63, 3.8) is 0 Å². The third kappa shape index (κ3) is 4.15. The van der Waals surface area contributed by atoms with Crippen LogP contribution < -0.4 is 19.5 Å². The Labute approximate surface area is 165 Å². The van der Waals surface area contributed by atoms with Gasteiger partial charge < -0.3 is 19.5 Å². The summed E-state index contributed by atoms with van der Waals surface area (Å²) in [4.78, 5) is 4.46. The summed E-state index contributed by atoms with van der Waals surface area (Å²) in [5.74, 6) is 2.25. The van der Waals surface area contributed by atoms with Crippen LogP contribution in [0.3, 0.4) is 0 Å².